The van der Waals surface area contributed by atoms with Crippen molar-refractivity contribution in [2.24, 2.45) is 0 Å². The normalized spacial score (nSPS) is 26.5. The largest absolute Gasteiger partial charge is 0.316 e. The Hall–Kier alpha value is -0.0800. The van der Waals surface area contributed by atoms with Crippen molar-refractivity contribution in [1.82, 2.24) is 10.2 Å². The number of nitrogens with zero attached hydrogens (tertiary/aromatic N) is 1. The fourth-order valence-electron chi connectivity index (χ4n) is 1.88. The first-order chi connectivity index (χ1) is 5.72. The molecule has 0 aliphatic carbocycles. The number of likely N-dealkylation sites (tertiary alicyclic amines) is 1. The van der Waals surface area contributed by atoms with Crippen molar-refractivity contribution in [2.75, 3.05) is 26.7 Å². The predicted molar refractivity (Wildman–Crippen MR) is 53.1 cm³/mol. The lowest BCUT2D eigenvalue weighted by Crippen LogP contribution is -2.45. The molecule has 0 saturated carbocycles. The Morgan fingerprint density at radius 3 is 2.83 bits per heavy atom. The summed E-state index contributed by atoms with van der Waals surface area (Å²) in [5.74, 6) is 1.52. The molecule has 2 nitrogen and oxygen atoms in total. The maximum atomic E-state index is 3.36. The Morgan fingerprint density at radius 2 is 2.25 bits per heavy atom. The average Bonchev–Trinajstić information content (AvgIpc) is 2.03. The highest BCUT2D eigenvalue weighted by Crippen LogP contribution is 2.11. The molecule has 1 heterocycles. The summed E-state index contributed by atoms with van der Waals surface area (Å²) in [7, 11) is 2.07. The summed E-state index contributed by atoms with van der Waals surface area (Å²) in [6.07, 6.45) is 2.69. The lowest BCUT2D eigenvalue weighted by Gasteiger charge is -2.33. The van der Waals surface area contributed by atoms with Gasteiger partial charge in [-0.3, -0.25) is 0 Å². The topological polar surface area (TPSA) is 15.3 Å². The first-order valence-electron chi connectivity index (χ1n) is 4.91. The summed E-state index contributed by atoms with van der Waals surface area (Å²) in [6, 6.07) is 0.720. The van der Waals surface area contributed by atoms with E-state index >= 15 is 0 Å². The van der Waals surface area contributed by atoms with E-state index in [1.165, 1.54) is 38.4 Å². The van der Waals surface area contributed by atoms with Crippen molar-refractivity contribution in [3.63, 3.8) is 0 Å². The summed E-state index contributed by atoms with van der Waals surface area (Å²) in [4.78, 5) is 2.54. The fourth-order valence-corrected chi connectivity index (χ4v) is 1.88. The zero-order valence-electron chi connectivity index (χ0n) is 8.56. The molecule has 1 aliphatic rings. The Kier molecular flexibility index (Phi) is 4.02. The van der Waals surface area contributed by atoms with Crippen LogP contribution in [0.4, 0.5) is 0 Å². The van der Waals surface area contributed by atoms with Crippen molar-refractivity contribution < 1.29 is 0 Å². The monoisotopic (exact) mass is 169 g/mol. The highest BCUT2D eigenvalue weighted by Gasteiger charge is 2.18. The molecule has 0 bridgehead atoms. The third kappa shape index (κ3) is 3.11. The van der Waals surface area contributed by atoms with E-state index < -0.39 is 0 Å². The fraction of sp³-hybridized carbons (Fsp3) is 0.900. The lowest BCUT2D eigenvalue weighted by molar-refractivity contribution is 0.202. The SMILES string of the molecule is CNC1CCCN(C[C](C)C)C1. The van der Waals surface area contributed by atoms with Crippen LogP contribution in [0.1, 0.15) is 26.7 Å². The van der Waals surface area contributed by atoms with Gasteiger partial charge in [-0.15, -0.1) is 0 Å². The summed E-state index contributed by atoms with van der Waals surface area (Å²) in [5.41, 5.74) is 0. The first kappa shape index (κ1) is 10.0. The van der Waals surface area contributed by atoms with Gasteiger partial charge in [-0.05, 0) is 32.4 Å². The second-order valence-electron chi connectivity index (χ2n) is 4.07. The number of nitrogens with one attached hydrogen (secondary N) is 1. The van der Waals surface area contributed by atoms with Crippen molar-refractivity contribution in [3.05, 3.63) is 5.92 Å². The second-order valence-corrected chi connectivity index (χ2v) is 4.07. The summed E-state index contributed by atoms with van der Waals surface area (Å²) in [5, 5.41) is 3.36. The lowest BCUT2D eigenvalue weighted by atomic mass is 10.0. The van der Waals surface area contributed by atoms with Gasteiger partial charge >= 0.3 is 0 Å². The number of hydrogen-bond donors (Lipinski definition) is 1. The predicted octanol–water partition coefficient (Wildman–Crippen LogP) is 1.28. The zero-order chi connectivity index (χ0) is 8.97. The zero-order valence-corrected chi connectivity index (χ0v) is 8.56. The van der Waals surface area contributed by atoms with Gasteiger partial charge in [0, 0.05) is 19.1 Å². The van der Waals surface area contributed by atoms with Crippen molar-refractivity contribution >= 4 is 0 Å². The van der Waals surface area contributed by atoms with Crippen LogP contribution in [0.2, 0.25) is 0 Å². The van der Waals surface area contributed by atoms with Crippen LogP contribution in [0.25, 0.3) is 0 Å². The van der Waals surface area contributed by atoms with Gasteiger partial charge in [0.2, 0.25) is 0 Å². The van der Waals surface area contributed by atoms with Gasteiger partial charge in [-0.2, -0.15) is 0 Å². The minimum atomic E-state index is 0.720. The Bertz CT molecular complexity index is 123. The van der Waals surface area contributed by atoms with Gasteiger partial charge in [0.15, 0.2) is 0 Å². The Balaban J connectivity index is 2.25. The third-order valence-electron chi connectivity index (χ3n) is 2.45. The molecule has 1 N–H and O–H groups in total. The molecule has 0 aromatic rings. The quantitative estimate of drug-likeness (QED) is 0.685. The third-order valence-corrected chi connectivity index (χ3v) is 2.45. The standard InChI is InChI=1S/C10H21N2/c1-9(2)7-12-6-4-5-10(8-12)11-3/h10-11H,4-8H2,1-3H3. The van der Waals surface area contributed by atoms with Crippen LogP contribution in [-0.2, 0) is 0 Å². The number of piperidine rings is 1. The first-order valence-corrected chi connectivity index (χ1v) is 4.91. The van der Waals surface area contributed by atoms with E-state index in [0.717, 1.165) is 6.04 Å². The number of rotatable bonds is 3. The smallest absolute Gasteiger partial charge is 0.0192 e. The molecule has 1 fully saturated rings. The van der Waals surface area contributed by atoms with Gasteiger partial charge in [0.05, 0.1) is 0 Å². The molecule has 1 aliphatic heterocycles. The van der Waals surface area contributed by atoms with Crippen LogP contribution in [0.3, 0.4) is 0 Å². The average molecular weight is 169 g/mol. The van der Waals surface area contributed by atoms with Crippen molar-refractivity contribution in [2.45, 2.75) is 32.7 Å². The molecule has 71 valence electrons. The number of likely N-dealkylation sites (N-methyl/N-ethyl adjacent to an activating group) is 1. The molecular weight excluding hydrogens is 148 g/mol. The van der Waals surface area contributed by atoms with E-state index in [9.17, 15) is 0 Å². The molecule has 1 radical (unpaired) electrons. The van der Waals surface area contributed by atoms with Crippen molar-refractivity contribution in [3.8, 4) is 0 Å². The molecule has 0 aromatic heterocycles. The molecule has 0 amide bonds. The summed E-state index contributed by atoms with van der Waals surface area (Å²) in [6.45, 7) is 8.11. The molecule has 1 atom stereocenters. The van der Waals surface area contributed by atoms with Crippen LogP contribution >= 0.6 is 0 Å². The van der Waals surface area contributed by atoms with E-state index in [0.29, 0.717) is 0 Å². The van der Waals surface area contributed by atoms with Crippen LogP contribution in [0.5, 0.6) is 0 Å². The van der Waals surface area contributed by atoms with E-state index in [1.807, 2.05) is 0 Å². The molecule has 12 heavy (non-hydrogen) atoms. The van der Waals surface area contributed by atoms with Gasteiger partial charge in [0.1, 0.15) is 0 Å². The Labute approximate surface area is 76.3 Å². The minimum absolute atomic E-state index is 0.720. The second kappa shape index (κ2) is 4.83. The molecule has 2 heteroatoms. The maximum Gasteiger partial charge on any atom is 0.0192 e. The van der Waals surface area contributed by atoms with Crippen LogP contribution in [0, 0.1) is 5.92 Å². The van der Waals surface area contributed by atoms with Gasteiger partial charge in [-0.25, -0.2) is 0 Å². The van der Waals surface area contributed by atoms with Crippen molar-refractivity contribution in [1.29, 1.82) is 0 Å². The van der Waals surface area contributed by atoms with E-state index in [4.69, 9.17) is 0 Å². The summed E-state index contributed by atoms with van der Waals surface area (Å²) < 4.78 is 0. The Morgan fingerprint density at radius 1 is 1.50 bits per heavy atom. The van der Waals surface area contributed by atoms with Gasteiger partial charge in [-0.1, -0.05) is 13.8 Å². The molecule has 1 rings (SSSR count). The molecule has 1 unspecified atom stereocenters. The molecule has 1 saturated heterocycles. The highest BCUT2D eigenvalue weighted by atomic mass is 15.2. The minimum Gasteiger partial charge on any atom is -0.316 e. The van der Waals surface area contributed by atoms with Crippen LogP contribution in [-0.4, -0.2) is 37.6 Å². The summed E-state index contributed by atoms with van der Waals surface area (Å²) >= 11 is 0. The van der Waals surface area contributed by atoms with Crippen LogP contribution < -0.4 is 5.32 Å². The van der Waals surface area contributed by atoms with E-state index in [-0.39, 0.29) is 0 Å². The van der Waals surface area contributed by atoms with Gasteiger partial charge < -0.3 is 10.2 Å². The van der Waals surface area contributed by atoms with E-state index in [1.54, 1.807) is 0 Å². The molecule has 0 aromatic carbocycles. The van der Waals surface area contributed by atoms with Gasteiger partial charge in [0.25, 0.3) is 0 Å². The highest BCUT2D eigenvalue weighted by molar-refractivity contribution is 4.86. The molecule has 0 spiro atoms. The van der Waals surface area contributed by atoms with Crippen LogP contribution in [0.15, 0.2) is 0 Å². The van der Waals surface area contributed by atoms with E-state index in [2.05, 4.69) is 31.1 Å². The molecular formula is C10H21N2. The maximum absolute atomic E-state index is 3.36. The number of hydrogen-bond acceptors (Lipinski definition) is 2.